The van der Waals surface area contributed by atoms with E-state index in [2.05, 4.69) is 15.2 Å². The first-order valence-corrected chi connectivity index (χ1v) is 11.2. The van der Waals surface area contributed by atoms with Crippen LogP contribution in [0.1, 0.15) is 44.9 Å². The number of nitrogens with one attached hydrogen (secondary N) is 2. The summed E-state index contributed by atoms with van der Waals surface area (Å²) >= 11 is 0. The van der Waals surface area contributed by atoms with Crippen molar-refractivity contribution in [3.05, 3.63) is 12.2 Å². The van der Waals surface area contributed by atoms with Gasteiger partial charge in [-0.25, -0.2) is 9.36 Å². The average molecular weight is 436 g/mol. The molecule has 2 aliphatic rings. The minimum atomic E-state index is -4.78. The number of aliphatic hydroxyl groups is 2. The number of aliphatic hydroxyl groups excluding tert-OH is 2. The Bertz CT molecular complexity index is 630. The van der Waals surface area contributed by atoms with Crippen molar-refractivity contribution in [1.82, 2.24) is 10.6 Å². The minimum Gasteiger partial charge on any atom is -0.387 e. The quantitative estimate of drug-likeness (QED) is 0.252. The summed E-state index contributed by atoms with van der Waals surface area (Å²) in [6.07, 6.45) is 5.23. The third-order valence-electron chi connectivity index (χ3n) is 4.95. The van der Waals surface area contributed by atoms with Gasteiger partial charge in [-0.3, -0.25) is 14.6 Å². The van der Waals surface area contributed by atoms with Gasteiger partial charge in [0, 0.05) is 0 Å². The van der Waals surface area contributed by atoms with Gasteiger partial charge in [0.2, 0.25) is 0 Å². The number of rotatable bonds is 6. The van der Waals surface area contributed by atoms with Crippen LogP contribution in [0.25, 0.3) is 0 Å². The van der Waals surface area contributed by atoms with Crippen molar-refractivity contribution in [2.75, 3.05) is 6.61 Å². The fraction of sp³-hybridized carbons (Fsp3) is 0.765. The number of carbonyl (C=O) groups is 2. The van der Waals surface area contributed by atoms with Gasteiger partial charge in [-0.1, -0.05) is 38.2 Å². The van der Waals surface area contributed by atoms with Crippen LogP contribution in [-0.2, 0) is 18.6 Å². The van der Waals surface area contributed by atoms with Gasteiger partial charge >= 0.3 is 13.9 Å². The molecule has 11 nitrogen and oxygen atoms in total. The Kier molecular flexibility index (Phi) is 9.22. The van der Waals surface area contributed by atoms with E-state index in [-0.39, 0.29) is 0 Å². The average Bonchev–Trinajstić information content (AvgIpc) is 2.86. The van der Waals surface area contributed by atoms with Gasteiger partial charge < -0.3 is 30.1 Å². The molecule has 1 saturated carbocycles. The third-order valence-corrected chi connectivity index (χ3v) is 5.43. The molecule has 29 heavy (non-hydrogen) atoms. The van der Waals surface area contributed by atoms with E-state index in [0.29, 0.717) is 5.92 Å². The largest absolute Gasteiger partial charge is 0.469 e. The number of ether oxygens (including phenoxy) is 1. The number of imide groups is 1. The zero-order chi connectivity index (χ0) is 21.4. The van der Waals surface area contributed by atoms with Crippen molar-refractivity contribution < 1.29 is 43.4 Å². The van der Waals surface area contributed by atoms with Gasteiger partial charge in [0.25, 0.3) is 5.91 Å². The number of phosphoric acid groups is 1. The molecular formula is C17H29N2O9P. The van der Waals surface area contributed by atoms with Crippen LogP contribution in [0.2, 0.25) is 0 Å². The number of hydrogen-bond acceptors (Lipinski definition) is 7. The van der Waals surface area contributed by atoms with Crippen LogP contribution in [-0.4, -0.2) is 63.1 Å². The van der Waals surface area contributed by atoms with E-state index in [0.717, 1.165) is 25.7 Å². The molecule has 0 aromatic carbocycles. The third kappa shape index (κ3) is 8.51. The Morgan fingerprint density at radius 1 is 1.07 bits per heavy atom. The van der Waals surface area contributed by atoms with E-state index in [1.807, 2.05) is 0 Å². The van der Waals surface area contributed by atoms with Crippen molar-refractivity contribution >= 4 is 19.8 Å². The Labute approximate surface area is 168 Å². The number of urea groups is 1. The lowest BCUT2D eigenvalue weighted by Gasteiger charge is -2.17. The fourth-order valence-electron chi connectivity index (χ4n) is 3.40. The molecule has 4 unspecified atom stereocenters. The SMILES string of the molecule is O=C(/C=C\C1CCCCCCC1)NC(=O)NC1OC(COP(=O)(O)O)C(O)C1O. The molecule has 1 saturated heterocycles. The van der Waals surface area contributed by atoms with E-state index in [1.165, 1.54) is 25.3 Å². The second kappa shape index (κ2) is 11.2. The molecule has 166 valence electrons. The number of allylic oxidation sites excluding steroid dienone is 1. The maximum absolute atomic E-state index is 11.9. The molecule has 2 fully saturated rings. The van der Waals surface area contributed by atoms with E-state index in [1.54, 1.807) is 6.08 Å². The molecule has 4 atom stereocenters. The molecule has 0 aromatic heterocycles. The second-order valence-electron chi connectivity index (χ2n) is 7.29. The normalized spacial score (nSPS) is 29.4. The summed E-state index contributed by atoms with van der Waals surface area (Å²) in [5.41, 5.74) is 0. The molecule has 1 heterocycles. The first kappa shape index (κ1) is 23.9. The van der Waals surface area contributed by atoms with Gasteiger partial charge in [0.15, 0.2) is 6.23 Å². The molecule has 3 amide bonds. The van der Waals surface area contributed by atoms with Crippen molar-refractivity contribution in [2.24, 2.45) is 5.92 Å². The lowest BCUT2D eigenvalue weighted by atomic mass is 9.91. The van der Waals surface area contributed by atoms with Gasteiger partial charge in [-0.15, -0.1) is 0 Å². The molecule has 0 bridgehead atoms. The maximum Gasteiger partial charge on any atom is 0.469 e. The Hall–Kier alpha value is -1.33. The van der Waals surface area contributed by atoms with Crippen molar-refractivity contribution in [3.8, 4) is 0 Å². The number of phosphoric ester groups is 1. The Balaban J connectivity index is 1.78. The van der Waals surface area contributed by atoms with Gasteiger partial charge in [-0.2, -0.15) is 0 Å². The smallest absolute Gasteiger partial charge is 0.387 e. The molecule has 0 spiro atoms. The molecule has 0 radical (unpaired) electrons. The lowest BCUT2D eigenvalue weighted by molar-refractivity contribution is -0.115. The topological polar surface area (TPSA) is 175 Å². The van der Waals surface area contributed by atoms with Crippen molar-refractivity contribution in [2.45, 2.75) is 69.5 Å². The number of hydrogen-bond donors (Lipinski definition) is 6. The number of amides is 3. The molecule has 2 rings (SSSR count). The summed E-state index contributed by atoms with van der Waals surface area (Å²) in [6, 6.07) is -0.940. The van der Waals surface area contributed by atoms with Crippen LogP contribution in [0, 0.1) is 5.92 Å². The summed E-state index contributed by atoms with van der Waals surface area (Å²) < 4.78 is 20.1. The van der Waals surface area contributed by atoms with E-state index < -0.39 is 50.9 Å². The van der Waals surface area contributed by atoms with Crippen LogP contribution in [0.4, 0.5) is 4.79 Å². The van der Waals surface area contributed by atoms with Crippen LogP contribution in [0.15, 0.2) is 12.2 Å². The Morgan fingerprint density at radius 2 is 1.69 bits per heavy atom. The molecule has 0 aromatic rings. The molecular weight excluding hydrogens is 407 g/mol. The van der Waals surface area contributed by atoms with Crippen molar-refractivity contribution in [1.29, 1.82) is 0 Å². The highest BCUT2D eigenvalue weighted by atomic mass is 31.2. The summed E-state index contributed by atoms with van der Waals surface area (Å²) in [4.78, 5) is 41.2. The van der Waals surface area contributed by atoms with E-state index in [4.69, 9.17) is 14.5 Å². The first-order chi connectivity index (χ1) is 13.7. The van der Waals surface area contributed by atoms with E-state index >= 15 is 0 Å². The number of carbonyl (C=O) groups excluding carboxylic acids is 2. The van der Waals surface area contributed by atoms with Crippen LogP contribution in [0.5, 0.6) is 0 Å². The molecule has 1 aliphatic carbocycles. The Morgan fingerprint density at radius 3 is 2.31 bits per heavy atom. The summed E-state index contributed by atoms with van der Waals surface area (Å²) in [5.74, 6) is -0.326. The van der Waals surface area contributed by atoms with Gasteiger partial charge in [-0.05, 0) is 24.8 Å². The highest BCUT2D eigenvalue weighted by Gasteiger charge is 2.44. The molecule has 1 aliphatic heterocycles. The second-order valence-corrected chi connectivity index (χ2v) is 8.53. The lowest BCUT2D eigenvalue weighted by Crippen LogP contribution is -2.49. The standard InChI is InChI=1S/C17H29N2O9P/c20-13(9-8-11-6-4-2-1-3-5-7-11)18-17(23)19-16-15(22)14(21)12(28-16)10-27-29(24,25)26/h8-9,11-12,14-16,21-22H,1-7,10H2,(H2,24,25,26)(H2,18,19,20,23)/b9-8-. The minimum absolute atomic E-state index is 0.300. The maximum atomic E-state index is 11.9. The van der Waals surface area contributed by atoms with Gasteiger partial charge in [0.1, 0.15) is 18.3 Å². The summed E-state index contributed by atoms with van der Waals surface area (Å²) in [5, 5.41) is 24.0. The van der Waals surface area contributed by atoms with Crippen LogP contribution < -0.4 is 10.6 Å². The predicted molar refractivity (Wildman–Crippen MR) is 100 cm³/mol. The summed E-state index contributed by atoms with van der Waals surface area (Å²) in [6.45, 7) is -0.689. The predicted octanol–water partition coefficient (Wildman–Crippen LogP) is 0.285. The summed E-state index contributed by atoms with van der Waals surface area (Å²) in [7, 11) is -4.78. The first-order valence-electron chi connectivity index (χ1n) is 9.67. The van der Waals surface area contributed by atoms with E-state index in [9.17, 15) is 24.4 Å². The fourth-order valence-corrected chi connectivity index (χ4v) is 3.74. The zero-order valence-corrected chi connectivity index (χ0v) is 16.9. The highest BCUT2D eigenvalue weighted by Crippen LogP contribution is 2.37. The monoisotopic (exact) mass is 436 g/mol. The zero-order valence-electron chi connectivity index (χ0n) is 16.0. The van der Waals surface area contributed by atoms with Crippen LogP contribution >= 0.6 is 7.82 Å². The molecule has 6 N–H and O–H groups in total. The molecule has 12 heteroatoms. The highest BCUT2D eigenvalue weighted by molar-refractivity contribution is 7.46. The van der Waals surface area contributed by atoms with Crippen LogP contribution in [0.3, 0.4) is 0 Å². The van der Waals surface area contributed by atoms with Crippen molar-refractivity contribution in [3.63, 3.8) is 0 Å². The van der Waals surface area contributed by atoms with Gasteiger partial charge in [0.05, 0.1) is 6.61 Å².